The van der Waals surface area contributed by atoms with Crippen molar-refractivity contribution in [2.24, 2.45) is 5.84 Å². The molecule has 1 fully saturated rings. The maximum Gasteiger partial charge on any atom is 0.265 e. The predicted molar refractivity (Wildman–Crippen MR) is 64.0 cm³/mol. The van der Waals surface area contributed by atoms with Gasteiger partial charge in [0, 0.05) is 11.3 Å². The van der Waals surface area contributed by atoms with E-state index in [0.29, 0.717) is 10.8 Å². The van der Waals surface area contributed by atoms with Crippen LogP contribution in [0.15, 0.2) is 24.3 Å². The molecule has 0 radical (unpaired) electrons. The summed E-state index contributed by atoms with van der Waals surface area (Å²) in [5, 5.41) is 0.564. The van der Waals surface area contributed by atoms with Gasteiger partial charge in [-0.1, -0.05) is 18.2 Å². The van der Waals surface area contributed by atoms with Gasteiger partial charge in [-0.3, -0.25) is 10.2 Å². The lowest BCUT2D eigenvalue weighted by molar-refractivity contribution is 0.0455. The number of nitrogen functional groups attached to an aromatic ring is 1. The second-order valence-electron chi connectivity index (χ2n) is 3.60. The van der Waals surface area contributed by atoms with Gasteiger partial charge in [0.2, 0.25) is 0 Å². The largest absolute Gasteiger partial charge is 0.379 e. The number of benzene rings is 1. The zero-order valence-corrected chi connectivity index (χ0v) is 9.63. The van der Waals surface area contributed by atoms with Crippen molar-refractivity contribution in [3.05, 3.63) is 35.4 Å². The third-order valence-electron chi connectivity index (χ3n) is 2.48. The van der Waals surface area contributed by atoms with Gasteiger partial charge in [-0.2, -0.15) is 0 Å². The SMILES string of the molecule is NNC(=O)c1ccccc1CSC1COC1. The van der Waals surface area contributed by atoms with Crippen molar-refractivity contribution in [3.63, 3.8) is 0 Å². The van der Waals surface area contributed by atoms with E-state index in [9.17, 15) is 4.79 Å². The van der Waals surface area contributed by atoms with Crippen LogP contribution in [0.4, 0.5) is 0 Å². The molecule has 0 unspecified atom stereocenters. The first-order valence-corrected chi connectivity index (χ1v) is 6.14. The quantitative estimate of drug-likeness (QED) is 0.465. The summed E-state index contributed by atoms with van der Waals surface area (Å²) in [5.74, 6) is 5.72. The van der Waals surface area contributed by atoms with Crippen LogP contribution in [-0.4, -0.2) is 24.4 Å². The van der Waals surface area contributed by atoms with Gasteiger partial charge in [0.1, 0.15) is 0 Å². The number of nitrogens with two attached hydrogens (primary N) is 1. The molecule has 1 aromatic carbocycles. The summed E-state index contributed by atoms with van der Waals surface area (Å²) in [5.41, 5.74) is 3.83. The Hall–Kier alpha value is -1.04. The van der Waals surface area contributed by atoms with Crippen molar-refractivity contribution < 1.29 is 9.53 Å². The van der Waals surface area contributed by atoms with E-state index in [2.05, 4.69) is 5.43 Å². The van der Waals surface area contributed by atoms with Gasteiger partial charge in [0.25, 0.3) is 5.91 Å². The van der Waals surface area contributed by atoms with Gasteiger partial charge >= 0.3 is 0 Å². The molecule has 0 bridgehead atoms. The fourth-order valence-electron chi connectivity index (χ4n) is 1.46. The van der Waals surface area contributed by atoms with E-state index in [1.807, 2.05) is 30.0 Å². The molecule has 0 aromatic heterocycles. The molecule has 1 aliphatic rings. The Morgan fingerprint density at radius 1 is 1.50 bits per heavy atom. The van der Waals surface area contributed by atoms with Gasteiger partial charge in [0.15, 0.2) is 0 Å². The van der Waals surface area contributed by atoms with Crippen LogP contribution in [-0.2, 0) is 10.5 Å². The number of hydrogen-bond acceptors (Lipinski definition) is 4. The molecular weight excluding hydrogens is 224 g/mol. The Balaban J connectivity index is 2.03. The van der Waals surface area contributed by atoms with Crippen molar-refractivity contribution in [1.29, 1.82) is 0 Å². The minimum Gasteiger partial charge on any atom is -0.379 e. The molecule has 5 heteroatoms. The highest BCUT2D eigenvalue weighted by atomic mass is 32.2. The summed E-state index contributed by atoms with van der Waals surface area (Å²) in [6.07, 6.45) is 0. The molecule has 16 heavy (non-hydrogen) atoms. The molecule has 86 valence electrons. The molecule has 1 amide bonds. The Kier molecular flexibility index (Phi) is 3.82. The molecule has 3 N–H and O–H groups in total. The van der Waals surface area contributed by atoms with Crippen molar-refractivity contribution in [2.75, 3.05) is 13.2 Å². The molecule has 1 aliphatic heterocycles. The van der Waals surface area contributed by atoms with E-state index in [-0.39, 0.29) is 5.91 Å². The molecule has 0 spiro atoms. The van der Waals surface area contributed by atoms with Crippen LogP contribution >= 0.6 is 11.8 Å². The van der Waals surface area contributed by atoms with Crippen molar-refractivity contribution in [2.45, 2.75) is 11.0 Å². The number of thioether (sulfide) groups is 1. The number of amides is 1. The summed E-state index contributed by atoms with van der Waals surface area (Å²) in [6, 6.07) is 7.51. The molecule has 4 nitrogen and oxygen atoms in total. The minimum atomic E-state index is -0.235. The first kappa shape index (κ1) is 11.4. The van der Waals surface area contributed by atoms with E-state index < -0.39 is 0 Å². The van der Waals surface area contributed by atoms with E-state index >= 15 is 0 Å². The number of hydrazine groups is 1. The summed E-state index contributed by atoms with van der Waals surface area (Å²) in [4.78, 5) is 11.5. The van der Waals surface area contributed by atoms with Crippen LogP contribution in [0.1, 0.15) is 15.9 Å². The van der Waals surface area contributed by atoms with Crippen molar-refractivity contribution in [1.82, 2.24) is 5.43 Å². The number of rotatable bonds is 4. The normalized spacial score (nSPS) is 15.6. The van der Waals surface area contributed by atoms with Crippen LogP contribution in [0.2, 0.25) is 0 Å². The Labute approximate surface area is 98.5 Å². The summed E-state index contributed by atoms with van der Waals surface area (Å²) < 4.78 is 5.10. The zero-order valence-electron chi connectivity index (χ0n) is 8.81. The van der Waals surface area contributed by atoms with E-state index in [0.717, 1.165) is 24.5 Å². The molecule has 2 rings (SSSR count). The topological polar surface area (TPSA) is 64.3 Å². The Bertz CT molecular complexity index is 380. The third-order valence-corrected chi connectivity index (χ3v) is 3.70. The average Bonchev–Trinajstić information content (AvgIpc) is 2.26. The molecule has 0 aliphatic carbocycles. The first-order chi connectivity index (χ1) is 7.81. The number of carbonyl (C=O) groups is 1. The highest BCUT2D eigenvalue weighted by molar-refractivity contribution is 7.99. The van der Waals surface area contributed by atoms with Crippen LogP contribution in [0.25, 0.3) is 0 Å². The fourth-order valence-corrected chi connectivity index (χ4v) is 2.52. The Morgan fingerprint density at radius 2 is 2.25 bits per heavy atom. The predicted octanol–water partition coefficient (Wildman–Crippen LogP) is 0.922. The molecule has 1 saturated heterocycles. The van der Waals surface area contributed by atoms with Gasteiger partial charge in [-0.25, -0.2) is 5.84 Å². The monoisotopic (exact) mass is 238 g/mol. The van der Waals surface area contributed by atoms with Crippen LogP contribution < -0.4 is 11.3 Å². The first-order valence-electron chi connectivity index (χ1n) is 5.09. The molecular formula is C11H14N2O2S. The van der Waals surface area contributed by atoms with Crippen LogP contribution in [0, 0.1) is 0 Å². The van der Waals surface area contributed by atoms with Gasteiger partial charge in [0.05, 0.1) is 18.5 Å². The lowest BCUT2D eigenvalue weighted by Crippen LogP contribution is -2.31. The second kappa shape index (κ2) is 5.34. The van der Waals surface area contributed by atoms with Gasteiger partial charge < -0.3 is 4.74 Å². The zero-order chi connectivity index (χ0) is 11.4. The van der Waals surface area contributed by atoms with Gasteiger partial charge in [-0.15, -0.1) is 11.8 Å². The highest BCUT2D eigenvalue weighted by Crippen LogP contribution is 2.24. The molecule has 1 aromatic rings. The lowest BCUT2D eigenvalue weighted by Gasteiger charge is -2.25. The third kappa shape index (κ3) is 2.55. The highest BCUT2D eigenvalue weighted by Gasteiger charge is 2.19. The van der Waals surface area contributed by atoms with Crippen molar-refractivity contribution >= 4 is 17.7 Å². The number of nitrogens with one attached hydrogen (secondary N) is 1. The maximum absolute atomic E-state index is 11.5. The van der Waals surface area contributed by atoms with Crippen molar-refractivity contribution in [3.8, 4) is 0 Å². The number of ether oxygens (including phenoxy) is 1. The van der Waals surface area contributed by atoms with E-state index in [1.54, 1.807) is 6.07 Å². The summed E-state index contributed by atoms with van der Waals surface area (Å²) >= 11 is 1.81. The lowest BCUT2D eigenvalue weighted by atomic mass is 10.1. The van der Waals surface area contributed by atoms with E-state index in [4.69, 9.17) is 10.6 Å². The van der Waals surface area contributed by atoms with Gasteiger partial charge in [-0.05, 0) is 11.6 Å². The molecule has 1 heterocycles. The molecule has 0 atom stereocenters. The Morgan fingerprint density at radius 3 is 2.88 bits per heavy atom. The summed E-state index contributed by atoms with van der Waals surface area (Å²) in [7, 11) is 0. The maximum atomic E-state index is 11.5. The summed E-state index contributed by atoms with van der Waals surface area (Å²) in [6.45, 7) is 1.63. The van der Waals surface area contributed by atoms with Crippen LogP contribution in [0.3, 0.4) is 0 Å². The van der Waals surface area contributed by atoms with E-state index in [1.165, 1.54) is 0 Å². The minimum absolute atomic E-state index is 0.235. The smallest absolute Gasteiger partial charge is 0.265 e. The number of hydrogen-bond donors (Lipinski definition) is 2. The average molecular weight is 238 g/mol. The fraction of sp³-hybridized carbons (Fsp3) is 0.364. The molecule has 0 saturated carbocycles. The van der Waals surface area contributed by atoms with Crippen LogP contribution in [0.5, 0.6) is 0 Å². The standard InChI is InChI=1S/C11H14N2O2S/c12-13-11(14)10-4-2-1-3-8(10)7-16-9-5-15-6-9/h1-4,9H,5-7,12H2,(H,13,14). The second-order valence-corrected chi connectivity index (χ2v) is 4.89. The number of carbonyl (C=O) groups excluding carboxylic acids is 1.